The minimum Gasteiger partial charge on any atom is -0.368 e. The van der Waals surface area contributed by atoms with Crippen molar-refractivity contribution in [1.82, 2.24) is 9.80 Å². The van der Waals surface area contributed by atoms with E-state index in [2.05, 4.69) is 9.30 Å². The summed E-state index contributed by atoms with van der Waals surface area (Å²) in [7, 11) is -3.39. The van der Waals surface area contributed by atoms with Crippen LogP contribution in [0.2, 0.25) is 5.02 Å². The van der Waals surface area contributed by atoms with Gasteiger partial charge in [0, 0.05) is 49.6 Å². The number of fused-ring (bicyclic) bond motifs is 1. The monoisotopic (exact) mass is 406 g/mol. The molecule has 1 fully saturated rings. The molecule has 0 N–H and O–H groups in total. The van der Waals surface area contributed by atoms with Crippen LogP contribution in [-0.4, -0.2) is 68.4 Å². The third-order valence-corrected chi connectivity index (χ3v) is 6.25. The highest BCUT2D eigenvalue weighted by Crippen LogP contribution is 2.21. The van der Waals surface area contributed by atoms with Crippen LogP contribution in [0.1, 0.15) is 0 Å². The Kier molecular flexibility index (Phi) is 4.69. The van der Waals surface area contributed by atoms with Crippen LogP contribution in [0.5, 0.6) is 0 Å². The Hall–Kier alpha value is -2.32. The van der Waals surface area contributed by atoms with Gasteiger partial charge in [0.25, 0.3) is 15.9 Å². The number of benzene rings is 1. The fourth-order valence-electron chi connectivity index (χ4n) is 3.33. The zero-order valence-electron chi connectivity index (χ0n) is 14.6. The van der Waals surface area contributed by atoms with E-state index < -0.39 is 10.0 Å². The fourth-order valence-corrected chi connectivity index (χ4v) is 4.43. The molecule has 1 saturated heterocycles. The van der Waals surface area contributed by atoms with Gasteiger partial charge in [0.2, 0.25) is 0 Å². The standard InChI is InChI=1S/C18H19ClN4O3S/c19-15-2-4-16(5-3-15)21-7-9-22(10-8-21)18(24)14-1-6-17-20-27(25,26)12-11-23(17)13-14/h1-6,13H,7-12H2. The number of halogens is 1. The second kappa shape index (κ2) is 7.01. The van der Waals surface area contributed by atoms with Crippen molar-refractivity contribution >= 4 is 39.1 Å². The zero-order chi connectivity index (χ0) is 19.0. The van der Waals surface area contributed by atoms with Gasteiger partial charge in [-0.05, 0) is 36.4 Å². The molecule has 0 aliphatic carbocycles. The Bertz CT molecular complexity index is 945. The summed E-state index contributed by atoms with van der Waals surface area (Å²) < 4.78 is 26.9. The molecule has 0 saturated carbocycles. The van der Waals surface area contributed by atoms with Crippen LogP contribution in [0.3, 0.4) is 0 Å². The van der Waals surface area contributed by atoms with Gasteiger partial charge in [-0.15, -0.1) is 4.40 Å². The molecule has 0 bridgehead atoms. The van der Waals surface area contributed by atoms with Gasteiger partial charge < -0.3 is 14.7 Å². The molecule has 0 radical (unpaired) electrons. The molecular formula is C18H19ClN4O3S. The average molecular weight is 407 g/mol. The first kappa shape index (κ1) is 18.1. The quantitative estimate of drug-likeness (QED) is 0.744. The second-order valence-corrected chi connectivity index (χ2v) is 8.79. The summed E-state index contributed by atoms with van der Waals surface area (Å²) in [6, 6.07) is 7.70. The maximum atomic E-state index is 12.8. The largest absolute Gasteiger partial charge is 0.368 e. The van der Waals surface area contributed by atoms with Gasteiger partial charge >= 0.3 is 0 Å². The molecule has 0 atom stereocenters. The van der Waals surface area contributed by atoms with Crippen molar-refractivity contribution in [1.29, 1.82) is 0 Å². The van der Waals surface area contributed by atoms with Crippen molar-refractivity contribution < 1.29 is 13.2 Å². The van der Waals surface area contributed by atoms with Crippen molar-refractivity contribution in [2.45, 2.75) is 0 Å². The summed E-state index contributed by atoms with van der Waals surface area (Å²) in [6.07, 6.45) is 4.93. The van der Waals surface area contributed by atoms with Crippen LogP contribution >= 0.6 is 11.6 Å². The molecule has 1 aromatic carbocycles. The molecule has 1 aromatic rings. The number of amides is 1. The topological polar surface area (TPSA) is 73.3 Å². The number of amidine groups is 1. The number of hydrogen-bond donors (Lipinski definition) is 0. The highest BCUT2D eigenvalue weighted by molar-refractivity contribution is 7.90. The van der Waals surface area contributed by atoms with E-state index in [4.69, 9.17) is 11.6 Å². The van der Waals surface area contributed by atoms with Crippen LogP contribution in [0.15, 0.2) is 52.6 Å². The molecule has 0 unspecified atom stereocenters. The van der Waals surface area contributed by atoms with Crippen molar-refractivity contribution in [2.75, 3.05) is 43.4 Å². The molecule has 7 nitrogen and oxygen atoms in total. The molecule has 27 heavy (non-hydrogen) atoms. The van der Waals surface area contributed by atoms with Gasteiger partial charge in [0.1, 0.15) is 5.84 Å². The lowest BCUT2D eigenvalue weighted by Crippen LogP contribution is -2.49. The second-order valence-electron chi connectivity index (χ2n) is 6.60. The van der Waals surface area contributed by atoms with Crippen molar-refractivity contribution in [3.05, 3.63) is 53.2 Å². The maximum Gasteiger partial charge on any atom is 0.256 e. The van der Waals surface area contributed by atoms with E-state index in [1.54, 1.807) is 23.3 Å². The van der Waals surface area contributed by atoms with E-state index in [0.717, 1.165) is 18.8 Å². The number of carbonyl (C=O) groups excluding carboxylic acids is 1. The van der Waals surface area contributed by atoms with E-state index in [1.165, 1.54) is 0 Å². The molecule has 3 aliphatic rings. The molecular weight excluding hydrogens is 388 g/mol. The van der Waals surface area contributed by atoms with Gasteiger partial charge in [-0.3, -0.25) is 4.79 Å². The number of nitrogens with zero attached hydrogens (tertiary/aromatic N) is 4. The normalized spacial score (nSPS) is 21.4. The Morgan fingerprint density at radius 1 is 1.00 bits per heavy atom. The number of sulfonamides is 1. The van der Waals surface area contributed by atoms with Crippen LogP contribution in [0.4, 0.5) is 5.69 Å². The number of carbonyl (C=O) groups is 1. The summed E-state index contributed by atoms with van der Waals surface area (Å²) in [4.78, 5) is 18.6. The smallest absolute Gasteiger partial charge is 0.256 e. The van der Waals surface area contributed by atoms with E-state index in [-0.39, 0.29) is 11.7 Å². The van der Waals surface area contributed by atoms with E-state index >= 15 is 0 Å². The molecule has 3 aliphatic heterocycles. The minimum atomic E-state index is -3.39. The number of hydrogen-bond acceptors (Lipinski definition) is 5. The minimum absolute atomic E-state index is 0.0396. The summed E-state index contributed by atoms with van der Waals surface area (Å²) in [6.45, 7) is 3.06. The summed E-state index contributed by atoms with van der Waals surface area (Å²) in [5, 5.41) is 0.706. The van der Waals surface area contributed by atoms with Crippen LogP contribution < -0.4 is 4.90 Å². The molecule has 0 aromatic heterocycles. The summed E-state index contributed by atoms with van der Waals surface area (Å²) >= 11 is 5.94. The van der Waals surface area contributed by atoms with Gasteiger partial charge in [-0.25, -0.2) is 8.42 Å². The summed E-state index contributed by atoms with van der Waals surface area (Å²) in [5.74, 6) is 0.280. The first-order valence-electron chi connectivity index (χ1n) is 8.70. The van der Waals surface area contributed by atoms with E-state index in [9.17, 15) is 13.2 Å². The number of piperazine rings is 1. The van der Waals surface area contributed by atoms with Crippen LogP contribution in [0.25, 0.3) is 0 Å². The van der Waals surface area contributed by atoms with E-state index in [1.807, 2.05) is 29.2 Å². The first-order chi connectivity index (χ1) is 12.9. The number of anilines is 1. The lowest BCUT2D eigenvalue weighted by atomic mass is 10.1. The van der Waals surface area contributed by atoms with Crippen LogP contribution in [0, 0.1) is 0 Å². The highest BCUT2D eigenvalue weighted by Gasteiger charge is 2.28. The Labute approximate surface area is 163 Å². The third kappa shape index (κ3) is 3.86. The number of rotatable bonds is 2. The van der Waals surface area contributed by atoms with E-state index in [0.29, 0.717) is 36.1 Å². The zero-order valence-corrected chi connectivity index (χ0v) is 16.2. The molecule has 4 rings (SSSR count). The molecule has 1 amide bonds. The lowest BCUT2D eigenvalue weighted by molar-refractivity contribution is -0.127. The first-order valence-corrected chi connectivity index (χ1v) is 10.7. The average Bonchev–Trinajstić information content (AvgIpc) is 2.67. The third-order valence-electron chi connectivity index (χ3n) is 4.83. The van der Waals surface area contributed by atoms with Gasteiger partial charge in [0.15, 0.2) is 0 Å². The van der Waals surface area contributed by atoms with Crippen LogP contribution in [-0.2, 0) is 14.8 Å². The van der Waals surface area contributed by atoms with Gasteiger partial charge in [-0.2, -0.15) is 0 Å². The Morgan fingerprint density at radius 2 is 1.70 bits per heavy atom. The van der Waals surface area contributed by atoms with Gasteiger partial charge in [-0.1, -0.05) is 11.6 Å². The van der Waals surface area contributed by atoms with Crippen molar-refractivity contribution in [3.63, 3.8) is 0 Å². The molecule has 9 heteroatoms. The predicted molar refractivity (Wildman–Crippen MR) is 105 cm³/mol. The summed E-state index contributed by atoms with van der Waals surface area (Å²) in [5.41, 5.74) is 1.65. The van der Waals surface area contributed by atoms with Crippen molar-refractivity contribution in [3.8, 4) is 0 Å². The highest BCUT2D eigenvalue weighted by atomic mass is 35.5. The predicted octanol–water partition coefficient (Wildman–Crippen LogP) is 1.49. The fraction of sp³-hybridized carbons (Fsp3) is 0.333. The van der Waals surface area contributed by atoms with Gasteiger partial charge in [0.05, 0.1) is 11.3 Å². The van der Waals surface area contributed by atoms with Crippen molar-refractivity contribution in [2.24, 2.45) is 4.40 Å². The molecule has 3 heterocycles. The Balaban J connectivity index is 1.41. The SMILES string of the molecule is O=C(C1=CN2CCS(=O)(=O)N=C2C=C1)N1CCN(c2ccc(Cl)cc2)CC1. The molecule has 142 valence electrons. The lowest BCUT2D eigenvalue weighted by Gasteiger charge is -2.37. The Morgan fingerprint density at radius 3 is 2.41 bits per heavy atom. The maximum absolute atomic E-state index is 12.8. The molecule has 0 spiro atoms.